The van der Waals surface area contributed by atoms with E-state index in [-0.39, 0.29) is 17.8 Å². The second-order valence-corrected chi connectivity index (χ2v) is 4.75. The molecule has 1 atom stereocenters. The first-order chi connectivity index (χ1) is 9.13. The van der Waals surface area contributed by atoms with E-state index < -0.39 is 0 Å². The van der Waals surface area contributed by atoms with Gasteiger partial charge in [0, 0.05) is 25.0 Å². The lowest BCUT2D eigenvalue weighted by atomic mass is 9.97. The van der Waals surface area contributed by atoms with E-state index in [4.69, 9.17) is 4.74 Å². The van der Waals surface area contributed by atoms with Crippen LogP contribution in [0, 0.1) is 12.8 Å². The van der Waals surface area contributed by atoms with Gasteiger partial charge in [0.15, 0.2) is 0 Å². The Morgan fingerprint density at radius 3 is 2.95 bits per heavy atom. The summed E-state index contributed by atoms with van der Waals surface area (Å²) in [5.41, 5.74) is 1.32. The van der Waals surface area contributed by atoms with Crippen molar-refractivity contribution >= 4 is 11.9 Å². The lowest BCUT2D eigenvalue weighted by Crippen LogP contribution is -2.42. The van der Waals surface area contributed by atoms with E-state index in [0.29, 0.717) is 24.3 Å². The van der Waals surface area contributed by atoms with Gasteiger partial charge in [-0.05, 0) is 31.9 Å². The molecule has 0 bridgehead atoms. The largest absolute Gasteiger partial charge is 0.469 e. The smallest absolute Gasteiger partial charge is 0.310 e. The molecule has 1 amide bonds. The fourth-order valence-electron chi connectivity index (χ4n) is 2.40. The molecule has 1 saturated heterocycles. The number of rotatable bonds is 2. The molecular weight excluding hydrogens is 244 g/mol. The Labute approximate surface area is 112 Å². The lowest BCUT2D eigenvalue weighted by molar-refractivity contribution is -0.146. The third kappa shape index (κ3) is 2.92. The van der Waals surface area contributed by atoms with Crippen molar-refractivity contribution in [2.24, 2.45) is 5.92 Å². The fraction of sp³-hybridized carbons (Fsp3) is 0.500. The van der Waals surface area contributed by atoms with Crippen LogP contribution in [0.1, 0.15) is 28.9 Å². The summed E-state index contributed by atoms with van der Waals surface area (Å²) in [7, 11) is 1.38. The van der Waals surface area contributed by atoms with E-state index in [9.17, 15) is 9.59 Å². The molecule has 0 spiro atoms. The number of hydrogen-bond acceptors (Lipinski definition) is 4. The van der Waals surface area contributed by atoms with E-state index in [1.54, 1.807) is 23.2 Å². The van der Waals surface area contributed by atoms with Gasteiger partial charge in [-0.25, -0.2) is 0 Å². The van der Waals surface area contributed by atoms with E-state index >= 15 is 0 Å². The zero-order chi connectivity index (χ0) is 13.8. The summed E-state index contributed by atoms with van der Waals surface area (Å²) in [4.78, 5) is 29.8. The highest BCUT2D eigenvalue weighted by Gasteiger charge is 2.29. The standard InChI is InChI=1S/C14H18N2O3/c1-10-12(6-3-7-15-10)13(17)16-8-4-5-11(9-16)14(18)19-2/h3,6-7,11H,4-5,8-9H2,1-2H3. The van der Waals surface area contributed by atoms with Crippen molar-refractivity contribution in [3.63, 3.8) is 0 Å². The first kappa shape index (κ1) is 13.5. The van der Waals surface area contributed by atoms with Gasteiger partial charge in [0.25, 0.3) is 5.91 Å². The molecule has 0 aromatic carbocycles. The number of amides is 1. The minimum absolute atomic E-state index is 0.0563. The molecule has 0 aliphatic carbocycles. The maximum atomic E-state index is 12.4. The van der Waals surface area contributed by atoms with Crippen LogP contribution in [0.2, 0.25) is 0 Å². The van der Waals surface area contributed by atoms with Gasteiger partial charge in [-0.15, -0.1) is 0 Å². The van der Waals surface area contributed by atoms with E-state index in [1.807, 2.05) is 6.92 Å². The highest BCUT2D eigenvalue weighted by molar-refractivity contribution is 5.95. The van der Waals surface area contributed by atoms with Gasteiger partial charge in [0.1, 0.15) is 0 Å². The van der Waals surface area contributed by atoms with Crippen molar-refractivity contribution in [1.29, 1.82) is 0 Å². The Kier molecular flexibility index (Phi) is 4.14. The predicted molar refractivity (Wildman–Crippen MR) is 69.6 cm³/mol. The predicted octanol–water partition coefficient (Wildman–Crippen LogP) is 1.42. The van der Waals surface area contributed by atoms with Gasteiger partial charge >= 0.3 is 5.97 Å². The van der Waals surface area contributed by atoms with Crippen LogP contribution in [0.25, 0.3) is 0 Å². The summed E-state index contributed by atoms with van der Waals surface area (Å²) in [6.45, 7) is 2.93. The van der Waals surface area contributed by atoms with Gasteiger partial charge in [0.2, 0.25) is 0 Å². The number of methoxy groups -OCH3 is 1. The van der Waals surface area contributed by atoms with Crippen molar-refractivity contribution in [2.45, 2.75) is 19.8 Å². The molecule has 0 radical (unpaired) electrons. The monoisotopic (exact) mass is 262 g/mol. The molecule has 1 unspecified atom stereocenters. The van der Waals surface area contributed by atoms with E-state index in [1.165, 1.54) is 7.11 Å². The number of pyridine rings is 1. The normalized spacial score (nSPS) is 19.1. The molecule has 2 rings (SSSR count). The molecule has 5 heteroatoms. The number of carbonyl (C=O) groups is 2. The molecule has 1 aromatic heterocycles. The van der Waals surface area contributed by atoms with Gasteiger partial charge < -0.3 is 9.64 Å². The van der Waals surface area contributed by atoms with Crippen LogP contribution in [-0.4, -0.2) is 42.0 Å². The number of aromatic nitrogens is 1. The molecule has 1 aromatic rings. The minimum atomic E-state index is -0.236. The molecule has 1 aliphatic rings. The lowest BCUT2D eigenvalue weighted by Gasteiger charge is -2.31. The summed E-state index contributed by atoms with van der Waals surface area (Å²) in [6.07, 6.45) is 3.27. The van der Waals surface area contributed by atoms with Crippen LogP contribution in [0.15, 0.2) is 18.3 Å². The number of carbonyl (C=O) groups excluding carboxylic acids is 2. The van der Waals surface area contributed by atoms with Crippen LogP contribution in [0.3, 0.4) is 0 Å². The Bertz CT molecular complexity index is 487. The van der Waals surface area contributed by atoms with Crippen molar-refractivity contribution in [2.75, 3.05) is 20.2 Å². The Morgan fingerprint density at radius 1 is 1.47 bits per heavy atom. The number of likely N-dealkylation sites (tertiary alicyclic amines) is 1. The number of esters is 1. The fourth-order valence-corrected chi connectivity index (χ4v) is 2.40. The summed E-state index contributed by atoms with van der Waals surface area (Å²) < 4.78 is 4.76. The summed E-state index contributed by atoms with van der Waals surface area (Å²) >= 11 is 0. The van der Waals surface area contributed by atoms with Crippen LogP contribution in [0.5, 0.6) is 0 Å². The van der Waals surface area contributed by atoms with Gasteiger partial charge in [-0.2, -0.15) is 0 Å². The maximum Gasteiger partial charge on any atom is 0.310 e. The molecule has 1 fully saturated rings. The molecule has 102 valence electrons. The first-order valence-electron chi connectivity index (χ1n) is 6.42. The van der Waals surface area contributed by atoms with Gasteiger partial charge in [-0.1, -0.05) is 0 Å². The van der Waals surface area contributed by atoms with Crippen LogP contribution in [0.4, 0.5) is 0 Å². The van der Waals surface area contributed by atoms with E-state index in [2.05, 4.69) is 4.98 Å². The Hall–Kier alpha value is -1.91. The van der Waals surface area contributed by atoms with Crippen molar-refractivity contribution in [3.05, 3.63) is 29.6 Å². The van der Waals surface area contributed by atoms with Gasteiger partial charge in [-0.3, -0.25) is 14.6 Å². The zero-order valence-electron chi connectivity index (χ0n) is 11.3. The third-order valence-electron chi connectivity index (χ3n) is 3.48. The van der Waals surface area contributed by atoms with Crippen LogP contribution < -0.4 is 0 Å². The molecule has 0 saturated carbocycles. The molecule has 1 aliphatic heterocycles. The summed E-state index contributed by atoms with van der Waals surface area (Å²) in [5.74, 6) is -0.501. The average molecular weight is 262 g/mol. The number of nitrogens with zero attached hydrogens (tertiary/aromatic N) is 2. The van der Waals surface area contributed by atoms with Crippen molar-refractivity contribution in [1.82, 2.24) is 9.88 Å². The highest BCUT2D eigenvalue weighted by atomic mass is 16.5. The Morgan fingerprint density at radius 2 is 2.26 bits per heavy atom. The van der Waals surface area contributed by atoms with Crippen LogP contribution >= 0.6 is 0 Å². The zero-order valence-corrected chi connectivity index (χ0v) is 11.3. The highest BCUT2D eigenvalue weighted by Crippen LogP contribution is 2.20. The molecule has 0 N–H and O–H groups in total. The second kappa shape index (κ2) is 5.82. The number of aryl methyl sites for hydroxylation is 1. The molecular formula is C14H18N2O3. The number of hydrogen-bond donors (Lipinski definition) is 0. The quantitative estimate of drug-likeness (QED) is 0.756. The Balaban J connectivity index is 2.11. The molecule has 2 heterocycles. The van der Waals surface area contributed by atoms with Crippen LogP contribution in [-0.2, 0) is 9.53 Å². The van der Waals surface area contributed by atoms with Crippen molar-refractivity contribution in [3.8, 4) is 0 Å². The molecule has 5 nitrogen and oxygen atoms in total. The van der Waals surface area contributed by atoms with E-state index in [0.717, 1.165) is 12.8 Å². The SMILES string of the molecule is COC(=O)C1CCCN(C(=O)c2cccnc2C)C1. The third-order valence-corrected chi connectivity index (χ3v) is 3.48. The topological polar surface area (TPSA) is 59.5 Å². The summed E-state index contributed by atoms with van der Waals surface area (Å²) in [6, 6.07) is 3.52. The second-order valence-electron chi connectivity index (χ2n) is 4.75. The van der Waals surface area contributed by atoms with Gasteiger partial charge in [0.05, 0.1) is 18.6 Å². The maximum absolute atomic E-state index is 12.4. The minimum Gasteiger partial charge on any atom is -0.469 e. The number of ether oxygens (including phenoxy) is 1. The number of piperidine rings is 1. The first-order valence-corrected chi connectivity index (χ1v) is 6.42. The van der Waals surface area contributed by atoms with Crippen molar-refractivity contribution < 1.29 is 14.3 Å². The average Bonchev–Trinajstić information content (AvgIpc) is 2.46. The summed E-state index contributed by atoms with van der Waals surface area (Å²) in [5, 5.41) is 0. The molecule has 19 heavy (non-hydrogen) atoms.